The smallest absolute Gasteiger partial charge is 0.404 e. The second-order valence-electron chi connectivity index (χ2n) is 9.67. The maximum Gasteiger partial charge on any atom is 0.404 e. The summed E-state index contributed by atoms with van der Waals surface area (Å²) in [4.78, 5) is 44.7. The molecule has 10 nitrogen and oxygen atoms in total. The van der Waals surface area contributed by atoms with Crippen LogP contribution in [0.5, 0.6) is 0 Å². The molecule has 40 heavy (non-hydrogen) atoms. The van der Waals surface area contributed by atoms with Gasteiger partial charge in [0.25, 0.3) is 5.91 Å². The zero-order valence-corrected chi connectivity index (χ0v) is 22.8. The molecule has 0 aliphatic carbocycles. The number of nitrogens with one attached hydrogen (secondary N) is 3. The predicted molar refractivity (Wildman–Crippen MR) is 153 cm³/mol. The van der Waals surface area contributed by atoms with Crippen LogP contribution < -0.4 is 16.0 Å². The number of carbonyl (C=O) groups excluding carboxylic acids is 2. The topological polar surface area (TPSA) is 154 Å². The van der Waals surface area contributed by atoms with Crippen molar-refractivity contribution < 1.29 is 24.6 Å². The Hall–Kier alpha value is -4.61. The first kappa shape index (κ1) is 28.4. The number of nitrogens with zero attached hydrogens (tertiary/aromatic N) is 2. The van der Waals surface area contributed by atoms with Gasteiger partial charge in [-0.05, 0) is 47.0 Å². The normalized spacial score (nSPS) is 11.1. The first-order valence-corrected chi connectivity index (χ1v) is 13.3. The summed E-state index contributed by atoms with van der Waals surface area (Å²) < 4.78 is 0. The van der Waals surface area contributed by atoms with E-state index >= 15 is 0 Å². The Kier molecular flexibility index (Phi) is 8.87. The first-order chi connectivity index (χ1) is 19.1. The van der Waals surface area contributed by atoms with Gasteiger partial charge in [-0.25, -0.2) is 9.78 Å². The number of carboxylic acid groups (broad SMARTS) is 1. The third kappa shape index (κ3) is 7.28. The van der Waals surface area contributed by atoms with E-state index in [1.54, 1.807) is 24.4 Å². The van der Waals surface area contributed by atoms with E-state index in [0.29, 0.717) is 22.1 Å². The number of thiazole rings is 1. The van der Waals surface area contributed by atoms with Crippen molar-refractivity contribution in [2.45, 2.75) is 25.9 Å². The molecule has 2 heterocycles. The lowest BCUT2D eigenvalue weighted by Crippen LogP contribution is -2.36. The van der Waals surface area contributed by atoms with Gasteiger partial charge in [0.2, 0.25) is 5.91 Å². The number of hydrogen-bond donors (Lipinski definition) is 5. The van der Waals surface area contributed by atoms with E-state index in [1.807, 2.05) is 61.7 Å². The van der Waals surface area contributed by atoms with Gasteiger partial charge in [-0.2, -0.15) is 0 Å². The van der Waals surface area contributed by atoms with E-state index in [4.69, 9.17) is 5.11 Å². The van der Waals surface area contributed by atoms with Crippen LogP contribution in [0, 0.1) is 0 Å². The van der Waals surface area contributed by atoms with Crippen molar-refractivity contribution >= 4 is 34.4 Å². The molecule has 2 aromatic heterocycles. The Labute approximate surface area is 235 Å². The number of anilines is 1. The summed E-state index contributed by atoms with van der Waals surface area (Å²) in [5.41, 5.74) is 4.63. The fourth-order valence-corrected chi connectivity index (χ4v) is 4.71. The fraction of sp³-hybridized carbons (Fsp3) is 0.207. The molecule has 0 unspecified atom stereocenters. The number of aliphatic hydroxyl groups excluding tert-OH is 1. The highest BCUT2D eigenvalue weighted by Crippen LogP contribution is 2.29. The van der Waals surface area contributed by atoms with Gasteiger partial charge >= 0.3 is 6.09 Å². The van der Waals surface area contributed by atoms with Crippen molar-refractivity contribution in [2.24, 2.45) is 0 Å². The summed E-state index contributed by atoms with van der Waals surface area (Å²) in [6.45, 7) is 3.55. The number of hydrogen-bond acceptors (Lipinski definition) is 7. The van der Waals surface area contributed by atoms with E-state index in [2.05, 4.69) is 25.9 Å². The average Bonchev–Trinajstić information content (AvgIpc) is 3.43. The lowest BCUT2D eigenvalue weighted by molar-refractivity contribution is -0.115. The van der Waals surface area contributed by atoms with Gasteiger partial charge in [0, 0.05) is 34.7 Å². The van der Waals surface area contributed by atoms with E-state index in [1.165, 1.54) is 11.3 Å². The minimum absolute atomic E-state index is 0.139. The van der Waals surface area contributed by atoms with Gasteiger partial charge in [-0.1, -0.05) is 44.2 Å². The number of aromatic nitrogens is 2. The molecule has 0 bridgehead atoms. The number of rotatable bonds is 10. The van der Waals surface area contributed by atoms with Crippen molar-refractivity contribution in [2.75, 3.05) is 18.4 Å². The molecule has 0 aliphatic heterocycles. The zero-order valence-electron chi connectivity index (χ0n) is 22.0. The molecule has 5 N–H and O–H groups in total. The Morgan fingerprint density at radius 3 is 2.48 bits per heavy atom. The van der Waals surface area contributed by atoms with Crippen molar-refractivity contribution in [1.29, 1.82) is 0 Å². The van der Waals surface area contributed by atoms with Crippen LogP contribution in [0.1, 0.15) is 35.5 Å². The maximum absolute atomic E-state index is 12.7. The van der Waals surface area contributed by atoms with Crippen LogP contribution in [0.4, 0.5) is 9.93 Å². The largest absolute Gasteiger partial charge is 0.465 e. The van der Waals surface area contributed by atoms with Crippen LogP contribution in [0.25, 0.3) is 22.4 Å². The first-order valence-electron chi connectivity index (χ1n) is 12.4. The van der Waals surface area contributed by atoms with Crippen LogP contribution in [0.3, 0.4) is 0 Å². The van der Waals surface area contributed by atoms with E-state index < -0.39 is 23.3 Å². The molecule has 0 radical (unpaired) electrons. The highest BCUT2D eigenvalue weighted by Gasteiger charge is 2.22. The molecule has 0 fully saturated rings. The fourth-order valence-electron chi connectivity index (χ4n) is 3.97. The average molecular weight is 560 g/mol. The van der Waals surface area contributed by atoms with E-state index in [0.717, 1.165) is 22.3 Å². The van der Waals surface area contributed by atoms with Gasteiger partial charge in [0.05, 0.1) is 24.5 Å². The minimum atomic E-state index is -1.11. The Morgan fingerprint density at radius 2 is 1.70 bits per heavy atom. The summed E-state index contributed by atoms with van der Waals surface area (Å²) in [5, 5.41) is 28.2. The molecule has 4 rings (SSSR count). The SMILES string of the molecule is CC(C)(CNC(=O)O)c1cccc(C(=O)NCC(=O)Nc2nc(-c3cccc(-c4ccnc(CO)c4)c3)cs2)c1. The molecule has 0 spiro atoms. The number of benzene rings is 2. The van der Waals surface area contributed by atoms with E-state index in [-0.39, 0.29) is 19.7 Å². The second-order valence-corrected chi connectivity index (χ2v) is 10.5. The van der Waals surface area contributed by atoms with Crippen molar-refractivity contribution in [3.63, 3.8) is 0 Å². The summed E-state index contributed by atoms with van der Waals surface area (Å²) in [6.07, 6.45) is 0.538. The molecule has 4 aromatic rings. The van der Waals surface area contributed by atoms with Gasteiger partial charge < -0.3 is 26.2 Å². The molecule has 206 valence electrons. The standard InChI is InChI=1S/C29H29N5O5S/c1-29(2,17-32-28(38)39)22-8-4-7-21(12-22)26(37)31-14-25(36)34-27-33-24(16-40-27)20-6-3-5-18(11-20)19-9-10-30-23(13-19)15-35/h3-13,16,32,35H,14-15,17H2,1-2H3,(H,31,37)(H,38,39)(H,33,34,36). The number of carbonyl (C=O) groups is 3. The van der Waals surface area contributed by atoms with Gasteiger partial charge in [0.1, 0.15) is 0 Å². The lowest BCUT2D eigenvalue weighted by atomic mass is 9.84. The molecule has 0 aliphatic rings. The molecule has 3 amide bonds. The van der Waals surface area contributed by atoms with E-state index in [9.17, 15) is 19.5 Å². The zero-order chi connectivity index (χ0) is 28.7. The summed E-state index contributed by atoms with van der Waals surface area (Å²) in [7, 11) is 0. The highest BCUT2D eigenvalue weighted by atomic mass is 32.1. The monoisotopic (exact) mass is 559 g/mol. The molecule has 0 atom stereocenters. The molecule has 0 saturated carbocycles. The van der Waals surface area contributed by atoms with Gasteiger partial charge in [0.15, 0.2) is 5.13 Å². The van der Waals surface area contributed by atoms with Crippen molar-refractivity contribution in [3.05, 3.63) is 89.1 Å². The van der Waals surface area contributed by atoms with Crippen LogP contribution in [-0.4, -0.2) is 51.2 Å². The number of aliphatic hydroxyl groups is 1. The molecule has 0 saturated heterocycles. The summed E-state index contributed by atoms with van der Waals surface area (Å²) in [6, 6.07) is 18.3. The molecular formula is C29H29N5O5S. The summed E-state index contributed by atoms with van der Waals surface area (Å²) in [5.74, 6) is -0.838. The molecule has 11 heteroatoms. The van der Waals surface area contributed by atoms with Crippen molar-refractivity contribution in [3.8, 4) is 22.4 Å². The number of pyridine rings is 1. The van der Waals surface area contributed by atoms with Gasteiger partial charge in [-0.15, -0.1) is 11.3 Å². The predicted octanol–water partition coefficient (Wildman–Crippen LogP) is 4.28. The maximum atomic E-state index is 12.7. The quantitative estimate of drug-likeness (QED) is 0.194. The Balaban J connectivity index is 1.35. The third-order valence-electron chi connectivity index (χ3n) is 6.22. The minimum Gasteiger partial charge on any atom is -0.465 e. The van der Waals surface area contributed by atoms with Crippen LogP contribution in [-0.2, 0) is 16.8 Å². The molecule has 2 aromatic carbocycles. The summed E-state index contributed by atoms with van der Waals surface area (Å²) >= 11 is 1.28. The number of amides is 3. The van der Waals surface area contributed by atoms with Crippen LogP contribution >= 0.6 is 11.3 Å². The lowest BCUT2D eigenvalue weighted by Gasteiger charge is -2.25. The van der Waals surface area contributed by atoms with Crippen LogP contribution in [0.2, 0.25) is 0 Å². The second kappa shape index (κ2) is 12.5. The Bertz CT molecular complexity index is 1530. The Morgan fingerprint density at radius 1 is 0.950 bits per heavy atom. The van der Waals surface area contributed by atoms with Crippen molar-refractivity contribution in [1.82, 2.24) is 20.6 Å². The van der Waals surface area contributed by atoms with Gasteiger partial charge in [-0.3, -0.25) is 14.6 Å². The molecular weight excluding hydrogens is 530 g/mol. The highest BCUT2D eigenvalue weighted by molar-refractivity contribution is 7.14. The third-order valence-corrected chi connectivity index (χ3v) is 6.98. The van der Waals surface area contributed by atoms with Crippen LogP contribution in [0.15, 0.2) is 72.2 Å².